The van der Waals surface area contributed by atoms with Crippen molar-refractivity contribution in [3.8, 4) is 0 Å². The van der Waals surface area contributed by atoms with E-state index in [4.69, 9.17) is 0 Å². The second-order valence-corrected chi connectivity index (χ2v) is 0. The molecule has 0 saturated heterocycles. The number of hydrogen-bond donors (Lipinski definition) is 1. The average molecular weight is 488 g/mol. The number of thiol groups is 1. The van der Waals surface area contributed by atoms with Crippen molar-refractivity contribution in [2.45, 2.75) is 0 Å². The van der Waals surface area contributed by atoms with Gasteiger partial charge >= 0.3 is 325 Å². The van der Waals surface area contributed by atoms with E-state index in [-0.39, 0.29) is 385 Å². The van der Waals surface area contributed by atoms with Crippen LogP contribution >= 0.6 is 12.6 Å². The summed E-state index contributed by atoms with van der Waals surface area (Å²) in [5.41, 5.74) is 0. The summed E-state index contributed by atoms with van der Waals surface area (Å²) in [6.45, 7) is 0. The van der Waals surface area contributed by atoms with Crippen molar-refractivity contribution in [2.24, 2.45) is 0 Å². The third-order valence-electron chi connectivity index (χ3n) is 0. The molecule has 0 amide bonds. The molecule has 102 valence electrons. The van der Waals surface area contributed by atoms with Crippen LogP contribution in [0.5, 0.6) is 0 Å². The maximum Gasteiger partial charge on any atom is 1.00 e. The summed E-state index contributed by atoms with van der Waals surface area (Å²) < 4.78 is 0. The summed E-state index contributed by atoms with van der Waals surface area (Å²) in [7, 11) is 0. The molecule has 0 aliphatic heterocycles. The molecular weight excluding hydrogens is 473 g/mol. The average Bonchev–Trinajstić information content (AvgIpc) is 1.00. The van der Waals surface area contributed by atoms with Gasteiger partial charge in [-0.15, -0.1) is 0 Å². The molecule has 0 saturated carbocycles. The van der Waals surface area contributed by atoms with Gasteiger partial charge in [0.15, 0.2) is 0 Å². The molecule has 0 spiro atoms. The summed E-state index contributed by atoms with van der Waals surface area (Å²) in [5.74, 6) is 0. The summed E-state index contributed by atoms with van der Waals surface area (Å²) in [6.07, 6.45) is 1.69. The Bertz CT molecular complexity index is 33.9. The van der Waals surface area contributed by atoms with Gasteiger partial charge in [-0.05, 0) is 6.26 Å². The first-order valence-electron chi connectivity index (χ1n) is 0.447. The topological polar surface area (TPSA) is 330 Å². The van der Waals surface area contributed by atoms with Gasteiger partial charge in [-0.2, -0.15) is 12.6 Å². The molecule has 0 aromatic carbocycles. The second kappa shape index (κ2) is 309. The molecule has 0 heterocycles. The molecule has 0 unspecified atom stereocenters. The Morgan fingerprint density at radius 1 is 0.208 bits per heavy atom. The molecule has 0 radical (unpaired) electrons. The van der Waals surface area contributed by atoms with Crippen LogP contribution in [-0.2, 0) is 0 Å². The monoisotopic (exact) mass is 488 g/mol. The Morgan fingerprint density at radius 3 is 0.208 bits per heavy atom. The van der Waals surface area contributed by atoms with Gasteiger partial charge in [0.1, 0.15) is 0 Å². The third kappa shape index (κ3) is 282. The smallest absolute Gasteiger partial charge is 0.870 e. The van der Waals surface area contributed by atoms with Crippen LogP contribution in [0, 0.1) is 0 Å². The summed E-state index contributed by atoms with van der Waals surface area (Å²) >= 11 is 3.53. The largest absolute Gasteiger partial charge is 1.00 e. The molecule has 0 fully saturated rings. The van der Waals surface area contributed by atoms with Crippen LogP contribution in [0.4, 0.5) is 0 Å². The first-order valence-corrected chi connectivity index (χ1v) is 1.34. The van der Waals surface area contributed by atoms with Crippen molar-refractivity contribution in [1.29, 1.82) is 0 Å². The zero-order chi connectivity index (χ0) is 2.00. The summed E-state index contributed by atoms with van der Waals surface area (Å²) in [4.78, 5) is 0. The van der Waals surface area contributed by atoms with Crippen molar-refractivity contribution in [1.82, 2.24) is 0 Å². The Kier molecular flexibility index (Phi) is 3640. The van der Waals surface area contributed by atoms with E-state index in [9.17, 15) is 0 Å². The quantitative estimate of drug-likeness (QED) is 0.246. The standard InChI is InChI=1S/CH4S.11Na.11H2O/c1-2;;;;;;;;;;;;;;;;;;;;;;/h2H,1H3;;;;;;;;;;;;11*1H2/q;11*+1;;;;;;;;;;;/p-11. The van der Waals surface area contributed by atoms with Gasteiger partial charge in [0.05, 0.1) is 0 Å². The maximum absolute atomic E-state index is 3.53. The van der Waals surface area contributed by atoms with E-state index in [0.717, 1.165) is 0 Å². The predicted molar refractivity (Wildman–Crippen MR) is 36.2 cm³/mol. The van der Waals surface area contributed by atoms with Gasteiger partial charge in [-0.25, -0.2) is 0 Å². The normalized spacial score (nSPS) is 0.250. The molecule has 0 aromatic rings. The molecule has 0 atom stereocenters. The number of rotatable bonds is 0. The zero-order valence-electron chi connectivity index (χ0n) is 17.4. The molecule has 23 heteroatoms. The third-order valence-corrected chi connectivity index (χ3v) is 0. The van der Waals surface area contributed by atoms with Gasteiger partial charge in [0.25, 0.3) is 0 Å². The first-order chi connectivity index (χ1) is 1.00. The molecule has 11 nitrogen and oxygen atoms in total. The van der Waals surface area contributed by atoms with E-state index < -0.39 is 0 Å². The molecule has 0 aromatic heterocycles. The van der Waals surface area contributed by atoms with Gasteiger partial charge in [-0.1, -0.05) is 0 Å². The van der Waals surface area contributed by atoms with Crippen LogP contribution in [0.15, 0.2) is 0 Å². The number of hydrogen-bond acceptors (Lipinski definition) is 12. The fourth-order valence-electron chi connectivity index (χ4n) is 0. The molecule has 24 heavy (non-hydrogen) atoms. The van der Waals surface area contributed by atoms with Crippen LogP contribution in [0.3, 0.4) is 0 Å². The van der Waals surface area contributed by atoms with Crippen LogP contribution in [0.25, 0.3) is 0 Å². The minimum Gasteiger partial charge on any atom is -0.870 e. The predicted octanol–water partition coefficient (Wildman–Crippen LogP) is -34.4. The maximum atomic E-state index is 3.53. The fourth-order valence-corrected chi connectivity index (χ4v) is 0. The molecular formula is CH15Na11O11S. The molecule has 0 aliphatic rings. The van der Waals surface area contributed by atoms with Crippen LogP contribution in [-0.4, -0.2) is 66.5 Å². The minimum atomic E-state index is 0. The van der Waals surface area contributed by atoms with E-state index >= 15 is 0 Å². The molecule has 0 rings (SSSR count). The van der Waals surface area contributed by atoms with Gasteiger partial charge in [0, 0.05) is 0 Å². The van der Waals surface area contributed by atoms with Crippen LogP contribution < -0.4 is 325 Å². The summed E-state index contributed by atoms with van der Waals surface area (Å²) in [5, 5.41) is 0. The minimum absolute atomic E-state index is 0. The Morgan fingerprint density at radius 2 is 0.208 bits per heavy atom. The molecule has 11 N–H and O–H groups in total. The van der Waals surface area contributed by atoms with E-state index in [0.29, 0.717) is 0 Å². The molecule has 0 aliphatic carbocycles. The van der Waals surface area contributed by atoms with E-state index in [1.54, 1.807) is 6.26 Å². The Balaban J connectivity index is -0.0000000000216. The van der Waals surface area contributed by atoms with E-state index in [1.165, 1.54) is 0 Å². The van der Waals surface area contributed by atoms with Crippen molar-refractivity contribution in [3.05, 3.63) is 0 Å². The molecule has 0 bridgehead atoms. The fraction of sp³-hybridized carbons (Fsp3) is 1.00. The van der Waals surface area contributed by atoms with Crippen molar-refractivity contribution in [3.63, 3.8) is 0 Å². The van der Waals surface area contributed by atoms with Gasteiger partial charge in [-0.3, -0.25) is 0 Å². The van der Waals surface area contributed by atoms with Crippen molar-refractivity contribution < 1.29 is 385 Å². The van der Waals surface area contributed by atoms with Crippen LogP contribution in [0.2, 0.25) is 0 Å². The van der Waals surface area contributed by atoms with Crippen molar-refractivity contribution in [2.75, 3.05) is 6.26 Å². The zero-order valence-corrected chi connectivity index (χ0v) is 40.3. The Hall–Kier alpha value is 10.9. The summed E-state index contributed by atoms with van der Waals surface area (Å²) in [6, 6.07) is 0. The van der Waals surface area contributed by atoms with Crippen molar-refractivity contribution >= 4 is 12.6 Å². The Labute approximate surface area is 393 Å². The van der Waals surface area contributed by atoms with Crippen LogP contribution in [0.1, 0.15) is 0 Å². The first kappa shape index (κ1) is 283. The van der Waals surface area contributed by atoms with Gasteiger partial charge < -0.3 is 60.2 Å². The SMILES string of the molecule is CS.[Na+].[Na+].[Na+].[Na+].[Na+].[Na+].[Na+].[Na+].[Na+].[Na+].[Na+].[OH-].[OH-].[OH-].[OH-].[OH-].[OH-].[OH-].[OH-].[OH-].[OH-].[OH-]. The van der Waals surface area contributed by atoms with E-state index in [2.05, 4.69) is 12.6 Å². The second-order valence-electron chi connectivity index (χ2n) is 0. The van der Waals surface area contributed by atoms with Gasteiger partial charge in [0.2, 0.25) is 0 Å². The van der Waals surface area contributed by atoms with E-state index in [1.807, 2.05) is 0 Å².